The number of aryl methyl sites for hydroxylation is 1. The summed E-state index contributed by atoms with van der Waals surface area (Å²) in [5.41, 5.74) is 3.44. The van der Waals surface area contributed by atoms with Crippen LogP contribution in [0.15, 0.2) is 18.2 Å². The van der Waals surface area contributed by atoms with E-state index in [4.69, 9.17) is 0 Å². The molecule has 1 aliphatic rings. The molecule has 1 aromatic heterocycles. The Morgan fingerprint density at radius 2 is 2.11 bits per heavy atom. The van der Waals surface area contributed by atoms with Gasteiger partial charge in [-0.05, 0) is 30.7 Å². The number of rotatable bonds is 2. The molecule has 96 valence electrons. The molecule has 1 fully saturated rings. The maximum Gasteiger partial charge on any atom is 0.123 e. The summed E-state index contributed by atoms with van der Waals surface area (Å²) in [6, 6.07) is 4.96. The number of aromatic nitrogens is 1. The van der Waals surface area contributed by atoms with E-state index in [0.717, 1.165) is 30.5 Å². The highest BCUT2D eigenvalue weighted by molar-refractivity contribution is 7.99. The quantitative estimate of drug-likeness (QED) is 0.898. The van der Waals surface area contributed by atoms with Crippen LogP contribution in [0.4, 0.5) is 4.39 Å². The monoisotopic (exact) mass is 264 g/mol. The Labute approximate surface area is 111 Å². The maximum atomic E-state index is 13.3. The lowest BCUT2D eigenvalue weighted by molar-refractivity contribution is 0.291. The summed E-state index contributed by atoms with van der Waals surface area (Å²) in [5, 5.41) is 1.01. The predicted octanol–water partition coefficient (Wildman–Crippen LogP) is 3.16. The van der Waals surface area contributed by atoms with E-state index in [1.54, 1.807) is 6.07 Å². The van der Waals surface area contributed by atoms with Gasteiger partial charge in [0.2, 0.25) is 0 Å². The molecule has 1 aliphatic heterocycles. The first-order chi connectivity index (χ1) is 8.74. The van der Waals surface area contributed by atoms with E-state index in [-0.39, 0.29) is 5.82 Å². The third-order valence-electron chi connectivity index (χ3n) is 3.61. The minimum absolute atomic E-state index is 0.162. The summed E-state index contributed by atoms with van der Waals surface area (Å²) in [6.07, 6.45) is 0. The molecule has 0 radical (unpaired) electrons. The van der Waals surface area contributed by atoms with Gasteiger partial charge in [0.25, 0.3) is 0 Å². The zero-order valence-electron chi connectivity index (χ0n) is 10.5. The van der Waals surface area contributed by atoms with Gasteiger partial charge in [0.1, 0.15) is 5.82 Å². The molecule has 18 heavy (non-hydrogen) atoms. The fourth-order valence-electron chi connectivity index (χ4n) is 2.50. The summed E-state index contributed by atoms with van der Waals surface area (Å²) < 4.78 is 13.3. The Morgan fingerprint density at radius 1 is 1.33 bits per heavy atom. The van der Waals surface area contributed by atoms with E-state index in [2.05, 4.69) is 16.8 Å². The Hall–Kier alpha value is -1.00. The van der Waals surface area contributed by atoms with Crippen LogP contribution >= 0.6 is 11.8 Å². The molecule has 3 rings (SSSR count). The third kappa shape index (κ3) is 2.27. The van der Waals surface area contributed by atoms with Gasteiger partial charge in [-0.25, -0.2) is 4.39 Å². The third-order valence-corrected chi connectivity index (χ3v) is 4.55. The minimum Gasteiger partial charge on any atom is -0.357 e. The Morgan fingerprint density at radius 3 is 2.89 bits per heavy atom. The molecule has 2 aromatic rings. The number of thioether (sulfide) groups is 1. The lowest BCUT2D eigenvalue weighted by atomic mass is 10.1. The van der Waals surface area contributed by atoms with Gasteiger partial charge in [-0.1, -0.05) is 0 Å². The number of nitrogens with zero attached hydrogens (tertiary/aromatic N) is 1. The van der Waals surface area contributed by atoms with Gasteiger partial charge in [0, 0.05) is 47.7 Å². The van der Waals surface area contributed by atoms with E-state index in [1.165, 1.54) is 28.8 Å². The van der Waals surface area contributed by atoms with Gasteiger partial charge >= 0.3 is 0 Å². The number of aromatic amines is 1. The fourth-order valence-corrected chi connectivity index (χ4v) is 3.47. The van der Waals surface area contributed by atoms with Crippen molar-refractivity contribution in [1.29, 1.82) is 0 Å². The van der Waals surface area contributed by atoms with E-state index in [9.17, 15) is 4.39 Å². The molecule has 1 saturated heterocycles. The lowest BCUT2D eigenvalue weighted by Crippen LogP contribution is -2.32. The van der Waals surface area contributed by atoms with Crippen molar-refractivity contribution in [2.75, 3.05) is 24.6 Å². The largest absolute Gasteiger partial charge is 0.357 e. The van der Waals surface area contributed by atoms with Crippen LogP contribution in [0.25, 0.3) is 10.9 Å². The molecular formula is C14H17FN2S. The molecular weight excluding hydrogens is 247 g/mol. The molecule has 1 aromatic carbocycles. The smallest absolute Gasteiger partial charge is 0.123 e. The van der Waals surface area contributed by atoms with Gasteiger partial charge in [-0.3, -0.25) is 4.90 Å². The van der Waals surface area contributed by atoms with Crippen LogP contribution in [0.1, 0.15) is 11.3 Å². The number of halogens is 1. The van der Waals surface area contributed by atoms with Crippen molar-refractivity contribution in [3.8, 4) is 0 Å². The summed E-state index contributed by atoms with van der Waals surface area (Å²) in [6.45, 7) is 5.32. The van der Waals surface area contributed by atoms with Crippen LogP contribution in [0.5, 0.6) is 0 Å². The van der Waals surface area contributed by atoms with Crippen LogP contribution in [-0.2, 0) is 6.54 Å². The molecule has 0 atom stereocenters. The van der Waals surface area contributed by atoms with Crippen molar-refractivity contribution in [3.63, 3.8) is 0 Å². The molecule has 2 heterocycles. The average molecular weight is 264 g/mol. The normalized spacial score (nSPS) is 17.4. The molecule has 4 heteroatoms. The Balaban J connectivity index is 1.89. The first-order valence-corrected chi connectivity index (χ1v) is 7.46. The maximum absolute atomic E-state index is 13.3. The van der Waals surface area contributed by atoms with Crippen molar-refractivity contribution in [2.45, 2.75) is 13.5 Å². The molecule has 0 unspecified atom stereocenters. The predicted molar refractivity (Wildman–Crippen MR) is 75.6 cm³/mol. The molecule has 0 saturated carbocycles. The molecule has 0 spiro atoms. The highest BCUT2D eigenvalue weighted by Gasteiger charge is 2.14. The summed E-state index contributed by atoms with van der Waals surface area (Å²) >= 11 is 2.02. The zero-order valence-corrected chi connectivity index (χ0v) is 11.3. The highest BCUT2D eigenvalue weighted by Crippen LogP contribution is 2.24. The van der Waals surface area contributed by atoms with Gasteiger partial charge in [-0.15, -0.1) is 0 Å². The van der Waals surface area contributed by atoms with E-state index in [0.29, 0.717) is 0 Å². The Bertz CT molecular complexity index is 558. The second-order valence-corrected chi connectivity index (χ2v) is 6.03. The highest BCUT2D eigenvalue weighted by atomic mass is 32.2. The summed E-state index contributed by atoms with van der Waals surface area (Å²) in [5.74, 6) is 2.27. The summed E-state index contributed by atoms with van der Waals surface area (Å²) in [4.78, 5) is 5.89. The first kappa shape index (κ1) is 12.1. The first-order valence-electron chi connectivity index (χ1n) is 6.31. The second kappa shape index (κ2) is 4.94. The SMILES string of the molecule is Cc1c(CN2CCSCC2)[nH]c2ccc(F)cc12. The van der Waals surface area contributed by atoms with Crippen LogP contribution in [0.3, 0.4) is 0 Å². The van der Waals surface area contributed by atoms with Crippen LogP contribution in [-0.4, -0.2) is 34.5 Å². The van der Waals surface area contributed by atoms with Crippen molar-refractivity contribution < 1.29 is 4.39 Å². The zero-order chi connectivity index (χ0) is 12.5. The number of hydrogen-bond acceptors (Lipinski definition) is 2. The van der Waals surface area contributed by atoms with Crippen molar-refractivity contribution in [1.82, 2.24) is 9.88 Å². The number of nitrogens with one attached hydrogen (secondary N) is 1. The van der Waals surface area contributed by atoms with Crippen LogP contribution in [0.2, 0.25) is 0 Å². The molecule has 0 aliphatic carbocycles. The van der Waals surface area contributed by atoms with E-state index in [1.807, 2.05) is 17.8 Å². The average Bonchev–Trinajstić information content (AvgIpc) is 2.68. The number of hydrogen-bond donors (Lipinski definition) is 1. The summed E-state index contributed by atoms with van der Waals surface area (Å²) in [7, 11) is 0. The van der Waals surface area contributed by atoms with E-state index < -0.39 is 0 Å². The van der Waals surface area contributed by atoms with Crippen LogP contribution in [0, 0.1) is 12.7 Å². The second-order valence-electron chi connectivity index (χ2n) is 4.81. The number of fused-ring (bicyclic) bond motifs is 1. The topological polar surface area (TPSA) is 19.0 Å². The van der Waals surface area contributed by atoms with Crippen molar-refractivity contribution >= 4 is 22.7 Å². The molecule has 2 nitrogen and oxygen atoms in total. The van der Waals surface area contributed by atoms with Crippen molar-refractivity contribution in [2.24, 2.45) is 0 Å². The fraction of sp³-hybridized carbons (Fsp3) is 0.429. The minimum atomic E-state index is -0.162. The molecule has 0 bridgehead atoms. The van der Waals surface area contributed by atoms with Crippen LogP contribution < -0.4 is 0 Å². The lowest BCUT2D eigenvalue weighted by Gasteiger charge is -2.25. The van der Waals surface area contributed by atoms with Gasteiger partial charge in [-0.2, -0.15) is 11.8 Å². The molecule has 0 amide bonds. The van der Waals surface area contributed by atoms with E-state index >= 15 is 0 Å². The van der Waals surface area contributed by atoms with Gasteiger partial charge in [0.15, 0.2) is 0 Å². The standard InChI is InChI=1S/C14H17FN2S/c1-10-12-8-11(15)2-3-13(12)16-14(10)9-17-4-6-18-7-5-17/h2-3,8,16H,4-7,9H2,1H3. The Kier molecular flexibility index (Phi) is 3.31. The van der Waals surface area contributed by atoms with Gasteiger partial charge < -0.3 is 4.98 Å². The number of H-pyrrole nitrogens is 1. The number of benzene rings is 1. The van der Waals surface area contributed by atoms with Gasteiger partial charge in [0.05, 0.1) is 0 Å². The molecule has 1 N–H and O–H groups in total. The van der Waals surface area contributed by atoms with Crippen molar-refractivity contribution in [3.05, 3.63) is 35.3 Å².